The van der Waals surface area contributed by atoms with Gasteiger partial charge in [0.15, 0.2) is 5.82 Å². The number of rotatable bonds is 5. The Labute approximate surface area is 171 Å². The third-order valence-electron chi connectivity index (χ3n) is 5.91. The van der Waals surface area contributed by atoms with Gasteiger partial charge in [0.2, 0.25) is 0 Å². The molecule has 2 aromatic carbocycles. The van der Waals surface area contributed by atoms with Crippen LogP contribution in [0.1, 0.15) is 17.0 Å². The maximum Gasteiger partial charge on any atom is 0.165 e. The van der Waals surface area contributed by atoms with Gasteiger partial charge in [-0.15, -0.1) is 0 Å². The molecule has 1 aromatic heterocycles. The van der Waals surface area contributed by atoms with Crippen LogP contribution in [0, 0.1) is 13.8 Å². The Morgan fingerprint density at radius 2 is 1.93 bits per heavy atom. The van der Waals surface area contributed by atoms with Gasteiger partial charge in [-0.3, -0.25) is 0 Å². The number of nitrogens with one attached hydrogen (secondary N) is 1. The van der Waals surface area contributed by atoms with E-state index >= 15 is 0 Å². The van der Waals surface area contributed by atoms with Crippen LogP contribution < -0.4 is 9.80 Å². The summed E-state index contributed by atoms with van der Waals surface area (Å²) in [4.78, 5) is 8.86. The van der Waals surface area contributed by atoms with Gasteiger partial charge >= 0.3 is 0 Å². The molecule has 1 aliphatic rings. The topological polar surface area (TPSA) is 45.7 Å². The molecule has 4 rings (SSSR count). The lowest BCUT2D eigenvalue weighted by molar-refractivity contribution is -0.915. The van der Waals surface area contributed by atoms with Gasteiger partial charge in [0, 0.05) is 17.3 Å². The Bertz CT molecular complexity index is 976. The van der Waals surface area contributed by atoms with E-state index in [1.807, 2.05) is 18.2 Å². The van der Waals surface area contributed by atoms with Crippen LogP contribution in [-0.4, -0.2) is 47.4 Å². The van der Waals surface area contributed by atoms with E-state index < -0.39 is 0 Å². The summed E-state index contributed by atoms with van der Waals surface area (Å²) in [5, 5.41) is 10.2. The molecule has 0 atom stereocenters. The molecule has 6 heteroatoms. The molecule has 0 amide bonds. The number of fused-ring (bicyclic) bond motifs is 1. The van der Waals surface area contributed by atoms with Gasteiger partial charge in [-0.05, 0) is 49.2 Å². The van der Waals surface area contributed by atoms with E-state index in [-0.39, 0.29) is 6.61 Å². The highest BCUT2D eigenvalue weighted by atomic mass is 35.5. The summed E-state index contributed by atoms with van der Waals surface area (Å²) in [5.74, 6) is 1.03. The number of piperazine rings is 1. The maximum absolute atomic E-state index is 9.51. The van der Waals surface area contributed by atoms with E-state index in [4.69, 9.17) is 16.6 Å². The molecular formula is C22H28ClN4O+. The van der Waals surface area contributed by atoms with Crippen molar-refractivity contribution in [1.82, 2.24) is 9.55 Å². The van der Waals surface area contributed by atoms with E-state index in [2.05, 4.69) is 41.5 Å². The average Bonchev–Trinajstić information content (AvgIpc) is 3.02. The van der Waals surface area contributed by atoms with Crippen molar-refractivity contribution in [3.8, 4) is 0 Å². The van der Waals surface area contributed by atoms with Gasteiger partial charge < -0.3 is 19.5 Å². The minimum absolute atomic E-state index is 0.0979. The van der Waals surface area contributed by atoms with Crippen LogP contribution in [0.2, 0.25) is 5.02 Å². The fourth-order valence-corrected chi connectivity index (χ4v) is 4.34. The van der Waals surface area contributed by atoms with Gasteiger partial charge in [-0.2, -0.15) is 0 Å². The predicted molar refractivity (Wildman–Crippen MR) is 114 cm³/mol. The number of aromatic nitrogens is 2. The van der Waals surface area contributed by atoms with Crippen LogP contribution in [0.25, 0.3) is 11.0 Å². The molecule has 28 heavy (non-hydrogen) atoms. The Kier molecular flexibility index (Phi) is 5.58. The fourth-order valence-electron chi connectivity index (χ4n) is 4.17. The molecular weight excluding hydrogens is 372 g/mol. The molecule has 5 nitrogen and oxygen atoms in total. The highest BCUT2D eigenvalue weighted by Gasteiger charge is 2.24. The number of quaternary nitrogens is 1. The van der Waals surface area contributed by atoms with Crippen molar-refractivity contribution in [2.75, 3.05) is 37.7 Å². The number of imidazole rings is 1. The number of aryl methyl sites for hydroxylation is 1. The minimum Gasteiger partial charge on any atom is -0.395 e. The van der Waals surface area contributed by atoms with Gasteiger partial charge in [0.1, 0.15) is 6.54 Å². The lowest BCUT2D eigenvalue weighted by Crippen LogP contribution is -3.13. The molecule has 0 radical (unpaired) electrons. The van der Waals surface area contributed by atoms with E-state index in [1.54, 1.807) is 0 Å². The average molecular weight is 400 g/mol. The fraction of sp³-hybridized carbons (Fsp3) is 0.409. The molecule has 2 heterocycles. The molecule has 1 saturated heterocycles. The zero-order valence-electron chi connectivity index (χ0n) is 16.6. The standard InChI is InChI=1S/C22H27ClN4O/c1-16-4-3-5-20(17(16)2)26-10-8-25(9-11-26)15-22-24-19-7-6-18(23)14-21(19)27(22)12-13-28/h3-7,14,28H,8-13,15H2,1-2H3/p+1. The van der Waals surface area contributed by atoms with Gasteiger partial charge in [0.25, 0.3) is 0 Å². The van der Waals surface area contributed by atoms with Crippen LogP contribution in [0.4, 0.5) is 5.69 Å². The highest BCUT2D eigenvalue weighted by Crippen LogP contribution is 2.23. The monoisotopic (exact) mass is 399 g/mol. The molecule has 3 aromatic rings. The van der Waals surface area contributed by atoms with Gasteiger partial charge in [0.05, 0.1) is 43.8 Å². The summed E-state index contributed by atoms with van der Waals surface area (Å²) in [6, 6.07) is 12.3. The first kappa shape index (κ1) is 19.2. The first-order valence-corrected chi connectivity index (χ1v) is 10.3. The SMILES string of the molecule is Cc1cccc(N2CC[NH+](Cc3nc4ccc(Cl)cc4n3CCO)CC2)c1C. The summed E-state index contributed by atoms with van der Waals surface area (Å²) in [7, 11) is 0. The first-order chi connectivity index (χ1) is 13.6. The van der Waals surface area contributed by atoms with Gasteiger partial charge in [-0.25, -0.2) is 4.98 Å². The van der Waals surface area contributed by atoms with Crippen molar-refractivity contribution < 1.29 is 10.0 Å². The second kappa shape index (κ2) is 8.11. The summed E-state index contributed by atoms with van der Waals surface area (Å²) in [6.07, 6.45) is 0. The molecule has 148 valence electrons. The molecule has 0 saturated carbocycles. The molecule has 1 fully saturated rings. The third-order valence-corrected chi connectivity index (χ3v) is 6.14. The Balaban J connectivity index is 1.49. The number of halogens is 1. The molecule has 0 bridgehead atoms. The number of benzene rings is 2. The molecule has 0 spiro atoms. The van der Waals surface area contributed by atoms with Crippen molar-refractivity contribution in [1.29, 1.82) is 0 Å². The van der Waals surface area contributed by atoms with Crippen LogP contribution in [0.15, 0.2) is 36.4 Å². The zero-order valence-corrected chi connectivity index (χ0v) is 17.3. The van der Waals surface area contributed by atoms with Crippen LogP contribution >= 0.6 is 11.6 Å². The van der Waals surface area contributed by atoms with E-state index in [9.17, 15) is 5.11 Å². The predicted octanol–water partition coefficient (Wildman–Crippen LogP) is 2.20. The summed E-state index contributed by atoms with van der Waals surface area (Å²) >= 11 is 6.18. The van der Waals surface area contributed by atoms with Crippen LogP contribution in [0.3, 0.4) is 0 Å². The Morgan fingerprint density at radius 3 is 2.68 bits per heavy atom. The summed E-state index contributed by atoms with van der Waals surface area (Å²) in [5.41, 5.74) is 6.05. The van der Waals surface area contributed by atoms with Crippen molar-refractivity contribution >= 4 is 28.3 Å². The zero-order chi connectivity index (χ0) is 19.7. The number of hydrogen-bond donors (Lipinski definition) is 2. The van der Waals surface area contributed by atoms with Crippen molar-refractivity contribution in [2.24, 2.45) is 0 Å². The first-order valence-electron chi connectivity index (χ1n) is 9.97. The van der Waals surface area contributed by atoms with Crippen molar-refractivity contribution in [2.45, 2.75) is 26.9 Å². The molecule has 0 aliphatic carbocycles. The number of aliphatic hydroxyl groups excluding tert-OH is 1. The normalized spacial score (nSPS) is 15.5. The minimum atomic E-state index is 0.0979. The lowest BCUT2D eigenvalue weighted by Gasteiger charge is -2.34. The largest absolute Gasteiger partial charge is 0.395 e. The van der Waals surface area contributed by atoms with Crippen LogP contribution in [0.5, 0.6) is 0 Å². The molecule has 0 unspecified atom stereocenters. The highest BCUT2D eigenvalue weighted by molar-refractivity contribution is 6.31. The second-order valence-electron chi connectivity index (χ2n) is 7.67. The maximum atomic E-state index is 9.51. The van der Waals surface area contributed by atoms with E-state index in [0.29, 0.717) is 11.6 Å². The Morgan fingerprint density at radius 1 is 1.14 bits per heavy atom. The summed E-state index contributed by atoms with van der Waals surface area (Å²) < 4.78 is 2.12. The van der Waals surface area contributed by atoms with Crippen LogP contribution in [-0.2, 0) is 13.1 Å². The quantitative estimate of drug-likeness (QED) is 0.691. The van der Waals surface area contributed by atoms with Crippen molar-refractivity contribution in [3.05, 3.63) is 58.4 Å². The Hall–Kier alpha value is -2.08. The van der Waals surface area contributed by atoms with Gasteiger partial charge in [-0.1, -0.05) is 23.7 Å². The third kappa shape index (κ3) is 3.75. The lowest BCUT2D eigenvalue weighted by atomic mass is 10.1. The van der Waals surface area contributed by atoms with E-state index in [1.165, 1.54) is 21.7 Å². The number of anilines is 1. The smallest absolute Gasteiger partial charge is 0.165 e. The molecule has 1 aliphatic heterocycles. The second-order valence-corrected chi connectivity index (χ2v) is 8.11. The summed E-state index contributed by atoms with van der Waals surface area (Å²) in [6.45, 7) is 10.2. The van der Waals surface area contributed by atoms with E-state index in [0.717, 1.165) is 49.6 Å². The van der Waals surface area contributed by atoms with Crippen molar-refractivity contribution in [3.63, 3.8) is 0 Å². The molecule has 2 N–H and O–H groups in total. The number of nitrogens with zero attached hydrogens (tertiary/aromatic N) is 3. The number of hydrogen-bond acceptors (Lipinski definition) is 3. The number of aliphatic hydroxyl groups is 1.